The lowest BCUT2D eigenvalue weighted by atomic mass is 9.81. The van der Waals surface area contributed by atoms with Crippen molar-refractivity contribution < 1.29 is 18.8 Å². The summed E-state index contributed by atoms with van der Waals surface area (Å²) in [6, 6.07) is 5.96. The molecule has 0 spiro atoms. The van der Waals surface area contributed by atoms with Crippen LogP contribution in [0.5, 0.6) is 0 Å². The SMILES string of the molecule is O=C(CCN1C(=O)[C@H]2CCCC[C@@H]2C1=O)Nc1nc(-c2ccc(F)cc2)cs1. The van der Waals surface area contributed by atoms with Gasteiger partial charge < -0.3 is 5.32 Å². The quantitative estimate of drug-likeness (QED) is 0.779. The van der Waals surface area contributed by atoms with Crippen LogP contribution in [0.3, 0.4) is 0 Å². The summed E-state index contributed by atoms with van der Waals surface area (Å²) in [6.07, 6.45) is 3.54. The number of imide groups is 1. The first-order chi connectivity index (χ1) is 13.5. The highest BCUT2D eigenvalue weighted by Crippen LogP contribution is 2.38. The Morgan fingerprint density at radius 3 is 2.43 bits per heavy atom. The van der Waals surface area contributed by atoms with Gasteiger partial charge in [-0.1, -0.05) is 12.8 Å². The smallest absolute Gasteiger partial charge is 0.233 e. The molecule has 2 atom stereocenters. The molecule has 2 fully saturated rings. The lowest BCUT2D eigenvalue weighted by Crippen LogP contribution is -2.34. The number of thiazole rings is 1. The van der Waals surface area contributed by atoms with Crippen LogP contribution < -0.4 is 5.32 Å². The maximum atomic E-state index is 13.0. The van der Waals surface area contributed by atoms with Crippen molar-refractivity contribution in [2.24, 2.45) is 11.8 Å². The van der Waals surface area contributed by atoms with Gasteiger partial charge in [0, 0.05) is 23.9 Å². The number of benzene rings is 1. The van der Waals surface area contributed by atoms with Crippen molar-refractivity contribution in [2.45, 2.75) is 32.1 Å². The number of carbonyl (C=O) groups is 3. The lowest BCUT2D eigenvalue weighted by molar-refractivity contribution is -0.140. The van der Waals surface area contributed by atoms with Crippen molar-refractivity contribution in [3.8, 4) is 11.3 Å². The van der Waals surface area contributed by atoms with Crippen LogP contribution in [0.2, 0.25) is 0 Å². The molecule has 1 saturated carbocycles. The average Bonchev–Trinajstić information content (AvgIpc) is 3.25. The van der Waals surface area contributed by atoms with E-state index in [0.717, 1.165) is 31.2 Å². The molecule has 2 aliphatic rings. The number of halogens is 1. The predicted octanol–water partition coefficient (Wildman–Crippen LogP) is 3.45. The molecule has 0 bridgehead atoms. The Bertz CT molecular complexity index is 888. The lowest BCUT2D eigenvalue weighted by Gasteiger charge is -2.19. The zero-order valence-electron chi connectivity index (χ0n) is 15.2. The summed E-state index contributed by atoms with van der Waals surface area (Å²) in [7, 11) is 0. The summed E-state index contributed by atoms with van der Waals surface area (Å²) in [5.41, 5.74) is 1.41. The zero-order valence-corrected chi connectivity index (χ0v) is 16.0. The minimum Gasteiger partial charge on any atom is -0.302 e. The van der Waals surface area contributed by atoms with Crippen molar-refractivity contribution >= 4 is 34.2 Å². The van der Waals surface area contributed by atoms with Crippen molar-refractivity contribution in [3.05, 3.63) is 35.5 Å². The van der Waals surface area contributed by atoms with Crippen molar-refractivity contribution in [2.75, 3.05) is 11.9 Å². The van der Waals surface area contributed by atoms with Gasteiger partial charge >= 0.3 is 0 Å². The molecular formula is C20H20FN3O3S. The fourth-order valence-corrected chi connectivity index (χ4v) is 4.67. The molecule has 1 saturated heterocycles. The third-order valence-corrected chi connectivity index (χ3v) is 6.14. The summed E-state index contributed by atoms with van der Waals surface area (Å²) in [5.74, 6) is -1.26. The number of nitrogens with one attached hydrogen (secondary N) is 1. The van der Waals surface area contributed by atoms with Gasteiger partial charge in [-0.25, -0.2) is 9.37 Å². The van der Waals surface area contributed by atoms with E-state index in [9.17, 15) is 18.8 Å². The second-order valence-corrected chi connectivity index (χ2v) is 8.03. The fraction of sp³-hybridized carbons (Fsp3) is 0.400. The molecule has 4 rings (SSSR count). The van der Waals surface area contributed by atoms with Gasteiger partial charge in [0.2, 0.25) is 17.7 Å². The fourth-order valence-electron chi connectivity index (χ4n) is 3.93. The number of hydrogen-bond donors (Lipinski definition) is 1. The second kappa shape index (κ2) is 7.79. The Balaban J connectivity index is 1.33. The highest BCUT2D eigenvalue weighted by atomic mass is 32.1. The summed E-state index contributed by atoms with van der Waals surface area (Å²) < 4.78 is 13.0. The van der Waals surface area contributed by atoms with E-state index < -0.39 is 0 Å². The highest BCUT2D eigenvalue weighted by Gasteiger charge is 2.47. The molecule has 2 heterocycles. The third-order valence-electron chi connectivity index (χ3n) is 5.39. The first-order valence-corrected chi connectivity index (χ1v) is 10.3. The van der Waals surface area contributed by atoms with Crippen molar-refractivity contribution in [1.82, 2.24) is 9.88 Å². The summed E-state index contributed by atoms with van der Waals surface area (Å²) >= 11 is 1.27. The summed E-state index contributed by atoms with van der Waals surface area (Å²) in [6.45, 7) is 0.104. The van der Waals surface area contributed by atoms with Gasteiger partial charge in [0.05, 0.1) is 17.5 Å². The van der Waals surface area contributed by atoms with E-state index in [1.54, 1.807) is 17.5 Å². The molecular weight excluding hydrogens is 381 g/mol. The van der Waals surface area contributed by atoms with E-state index in [-0.39, 0.29) is 48.3 Å². The van der Waals surface area contributed by atoms with E-state index >= 15 is 0 Å². The Morgan fingerprint density at radius 1 is 1.14 bits per heavy atom. The van der Waals surface area contributed by atoms with E-state index in [4.69, 9.17) is 0 Å². The molecule has 28 heavy (non-hydrogen) atoms. The van der Waals surface area contributed by atoms with Crippen LogP contribution in [0, 0.1) is 17.7 Å². The van der Waals surface area contributed by atoms with E-state index in [1.165, 1.54) is 28.4 Å². The molecule has 1 aromatic carbocycles. The first-order valence-electron chi connectivity index (χ1n) is 9.39. The standard InChI is InChI=1S/C20H20FN3O3S/c21-13-7-5-12(6-8-13)16-11-28-20(22-16)23-17(25)9-10-24-18(26)14-3-1-2-4-15(14)19(24)27/h5-8,11,14-15H,1-4,9-10H2,(H,22,23,25)/t14-,15-/m0/s1. The Hall–Kier alpha value is -2.61. The molecule has 1 aliphatic heterocycles. The van der Waals surface area contributed by atoms with Gasteiger partial charge in [-0.05, 0) is 37.1 Å². The normalized spacial score (nSPS) is 21.7. The zero-order chi connectivity index (χ0) is 19.7. The maximum absolute atomic E-state index is 13.0. The van der Waals surface area contributed by atoms with Gasteiger partial charge in [-0.2, -0.15) is 0 Å². The van der Waals surface area contributed by atoms with Crippen LogP contribution in [-0.4, -0.2) is 34.2 Å². The van der Waals surface area contributed by atoms with E-state index in [2.05, 4.69) is 10.3 Å². The topological polar surface area (TPSA) is 79.4 Å². The van der Waals surface area contributed by atoms with E-state index in [0.29, 0.717) is 10.8 Å². The van der Waals surface area contributed by atoms with Crippen molar-refractivity contribution in [3.63, 3.8) is 0 Å². The molecule has 8 heteroatoms. The largest absolute Gasteiger partial charge is 0.302 e. The van der Waals surface area contributed by atoms with Crippen LogP contribution in [0.25, 0.3) is 11.3 Å². The molecule has 2 aromatic rings. The number of likely N-dealkylation sites (tertiary alicyclic amines) is 1. The molecule has 0 unspecified atom stereocenters. The van der Waals surface area contributed by atoms with Gasteiger partial charge in [0.25, 0.3) is 0 Å². The minimum atomic E-state index is -0.321. The summed E-state index contributed by atoms with van der Waals surface area (Å²) in [5, 5.41) is 4.91. The molecule has 1 aliphatic carbocycles. The number of nitrogens with zero attached hydrogens (tertiary/aromatic N) is 2. The van der Waals surface area contributed by atoms with Crippen LogP contribution >= 0.6 is 11.3 Å². The monoisotopic (exact) mass is 401 g/mol. The number of carbonyl (C=O) groups excluding carboxylic acids is 3. The number of aromatic nitrogens is 1. The molecule has 1 aromatic heterocycles. The number of hydrogen-bond acceptors (Lipinski definition) is 5. The van der Waals surface area contributed by atoms with Crippen molar-refractivity contribution in [1.29, 1.82) is 0 Å². The third kappa shape index (κ3) is 3.69. The molecule has 0 radical (unpaired) electrons. The summed E-state index contributed by atoms with van der Waals surface area (Å²) in [4.78, 5) is 42.7. The van der Waals surface area contributed by atoms with Crippen LogP contribution in [-0.2, 0) is 14.4 Å². The molecule has 146 valence electrons. The number of amides is 3. The van der Waals surface area contributed by atoms with Gasteiger partial charge in [-0.3, -0.25) is 19.3 Å². The molecule has 6 nitrogen and oxygen atoms in total. The average molecular weight is 401 g/mol. The van der Waals surface area contributed by atoms with Crippen LogP contribution in [0.1, 0.15) is 32.1 Å². The van der Waals surface area contributed by atoms with Crippen LogP contribution in [0.15, 0.2) is 29.6 Å². The number of fused-ring (bicyclic) bond motifs is 1. The van der Waals surface area contributed by atoms with E-state index in [1.807, 2.05) is 0 Å². The van der Waals surface area contributed by atoms with Gasteiger partial charge in [0.15, 0.2) is 5.13 Å². The van der Waals surface area contributed by atoms with Gasteiger partial charge in [-0.15, -0.1) is 11.3 Å². The molecule has 1 N–H and O–H groups in total. The number of anilines is 1. The predicted molar refractivity (Wildman–Crippen MR) is 103 cm³/mol. The molecule has 3 amide bonds. The first kappa shape index (κ1) is 18.7. The Kier molecular flexibility index (Phi) is 5.21. The Labute approximate surface area is 165 Å². The maximum Gasteiger partial charge on any atom is 0.233 e. The number of rotatable bonds is 5. The Morgan fingerprint density at radius 2 is 1.79 bits per heavy atom. The highest BCUT2D eigenvalue weighted by molar-refractivity contribution is 7.14. The van der Waals surface area contributed by atoms with Gasteiger partial charge in [0.1, 0.15) is 5.82 Å². The minimum absolute atomic E-state index is 0.0440. The van der Waals surface area contributed by atoms with Crippen LogP contribution in [0.4, 0.5) is 9.52 Å². The second-order valence-electron chi connectivity index (χ2n) is 7.17.